The Balaban J connectivity index is 2.71. The summed E-state index contributed by atoms with van der Waals surface area (Å²) in [4.78, 5) is 14.9. The molecule has 1 rings (SSSR count). The van der Waals surface area contributed by atoms with Crippen LogP contribution < -0.4 is 5.32 Å². The van der Waals surface area contributed by atoms with Gasteiger partial charge in [0.25, 0.3) is 0 Å². The second-order valence-electron chi connectivity index (χ2n) is 3.19. The lowest BCUT2D eigenvalue weighted by Gasteiger charge is -2.04. The van der Waals surface area contributed by atoms with Crippen LogP contribution in [0.3, 0.4) is 0 Å². The van der Waals surface area contributed by atoms with Crippen LogP contribution in [0.2, 0.25) is 0 Å². The van der Waals surface area contributed by atoms with E-state index in [1.54, 1.807) is 0 Å². The summed E-state index contributed by atoms with van der Waals surface area (Å²) >= 11 is 0. The molecular formula is C10H14N2O. The Labute approximate surface area is 78.2 Å². The first-order valence-corrected chi connectivity index (χ1v) is 4.26. The molecule has 0 saturated heterocycles. The summed E-state index contributed by atoms with van der Waals surface area (Å²) < 4.78 is 0. The van der Waals surface area contributed by atoms with Crippen molar-refractivity contribution >= 4 is 5.91 Å². The normalized spacial score (nSPS) is 9.77. The molecule has 1 N–H and O–H groups in total. The Morgan fingerprint density at radius 1 is 1.46 bits per heavy atom. The van der Waals surface area contributed by atoms with Gasteiger partial charge in [0.2, 0.25) is 5.91 Å². The highest BCUT2D eigenvalue weighted by molar-refractivity contribution is 5.72. The molecule has 0 aliphatic rings. The summed E-state index contributed by atoms with van der Waals surface area (Å²) in [5.41, 5.74) is 3.07. The third-order valence-corrected chi connectivity index (χ3v) is 1.67. The fourth-order valence-electron chi connectivity index (χ4n) is 1.23. The van der Waals surface area contributed by atoms with E-state index in [0.29, 0.717) is 6.54 Å². The van der Waals surface area contributed by atoms with Gasteiger partial charge in [-0.15, -0.1) is 0 Å². The lowest BCUT2D eigenvalue weighted by molar-refractivity contribution is -0.119. The lowest BCUT2D eigenvalue weighted by Crippen LogP contribution is -2.19. The average molecular weight is 178 g/mol. The van der Waals surface area contributed by atoms with E-state index in [4.69, 9.17) is 0 Å². The molecule has 1 aromatic rings. The summed E-state index contributed by atoms with van der Waals surface area (Å²) in [5, 5.41) is 2.71. The van der Waals surface area contributed by atoms with Gasteiger partial charge in [-0.1, -0.05) is 0 Å². The number of pyridine rings is 1. The minimum absolute atomic E-state index is 0.0269. The first-order chi connectivity index (χ1) is 6.08. The minimum atomic E-state index is -0.0269. The summed E-state index contributed by atoms with van der Waals surface area (Å²) in [6.07, 6.45) is 0. The Morgan fingerprint density at radius 2 is 2.15 bits per heavy atom. The number of nitrogens with one attached hydrogen (secondary N) is 1. The number of carbonyl (C=O) groups excluding carboxylic acids is 1. The molecule has 0 fully saturated rings. The zero-order valence-electron chi connectivity index (χ0n) is 8.22. The van der Waals surface area contributed by atoms with Crippen LogP contribution in [0.1, 0.15) is 23.9 Å². The Hall–Kier alpha value is -1.38. The zero-order valence-corrected chi connectivity index (χ0v) is 8.22. The van der Waals surface area contributed by atoms with Gasteiger partial charge < -0.3 is 5.32 Å². The highest BCUT2D eigenvalue weighted by Gasteiger charge is 1.97. The molecule has 0 radical (unpaired) electrons. The fraction of sp³-hybridized carbons (Fsp3) is 0.400. The van der Waals surface area contributed by atoms with Crippen LogP contribution in [0, 0.1) is 13.8 Å². The smallest absolute Gasteiger partial charge is 0.217 e. The monoisotopic (exact) mass is 178 g/mol. The van der Waals surface area contributed by atoms with Crippen LogP contribution in [0.4, 0.5) is 0 Å². The molecule has 1 aromatic heterocycles. The van der Waals surface area contributed by atoms with E-state index >= 15 is 0 Å². The van der Waals surface area contributed by atoms with Crippen LogP contribution in [0.15, 0.2) is 12.1 Å². The molecule has 0 spiro atoms. The van der Waals surface area contributed by atoms with E-state index < -0.39 is 0 Å². The molecular weight excluding hydrogens is 164 g/mol. The molecule has 0 atom stereocenters. The third-order valence-electron chi connectivity index (χ3n) is 1.67. The molecule has 1 amide bonds. The van der Waals surface area contributed by atoms with Gasteiger partial charge in [-0.2, -0.15) is 0 Å². The van der Waals surface area contributed by atoms with Crippen molar-refractivity contribution in [3.63, 3.8) is 0 Å². The molecule has 0 saturated carbocycles. The number of carbonyl (C=O) groups is 1. The summed E-state index contributed by atoms with van der Waals surface area (Å²) in [5.74, 6) is -0.0269. The number of hydrogen-bond donors (Lipinski definition) is 1. The molecule has 0 aromatic carbocycles. The first-order valence-electron chi connectivity index (χ1n) is 4.26. The summed E-state index contributed by atoms with van der Waals surface area (Å²) in [6, 6.07) is 3.99. The maximum atomic E-state index is 10.6. The number of amides is 1. The van der Waals surface area contributed by atoms with E-state index in [9.17, 15) is 4.79 Å². The van der Waals surface area contributed by atoms with Gasteiger partial charge in [0.1, 0.15) is 0 Å². The molecule has 3 nitrogen and oxygen atoms in total. The second kappa shape index (κ2) is 4.03. The van der Waals surface area contributed by atoms with Crippen LogP contribution >= 0.6 is 0 Å². The van der Waals surface area contributed by atoms with Crippen LogP contribution in [-0.2, 0) is 11.3 Å². The molecule has 13 heavy (non-hydrogen) atoms. The number of aryl methyl sites for hydroxylation is 2. The van der Waals surface area contributed by atoms with Crippen molar-refractivity contribution < 1.29 is 4.79 Å². The Morgan fingerprint density at radius 3 is 2.69 bits per heavy atom. The number of rotatable bonds is 2. The van der Waals surface area contributed by atoms with Crippen molar-refractivity contribution in [3.8, 4) is 0 Å². The van der Waals surface area contributed by atoms with Gasteiger partial charge in [-0.3, -0.25) is 9.78 Å². The lowest BCUT2D eigenvalue weighted by atomic mass is 10.2. The molecule has 0 unspecified atom stereocenters. The Bertz CT molecular complexity index is 300. The van der Waals surface area contributed by atoms with Crippen molar-refractivity contribution in [2.45, 2.75) is 27.3 Å². The zero-order chi connectivity index (χ0) is 9.84. The maximum Gasteiger partial charge on any atom is 0.217 e. The Kier molecular flexibility index (Phi) is 3.01. The SMILES string of the molecule is CC(=O)NCc1cc(C)cc(C)n1. The fourth-order valence-corrected chi connectivity index (χ4v) is 1.23. The van der Waals surface area contributed by atoms with Gasteiger partial charge >= 0.3 is 0 Å². The minimum Gasteiger partial charge on any atom is -0.351 e. The molecule has 0 aliphatic heterocycles. The third kappa shape index (κ3) is 3.23. The van der Waals surface area contributed by atoms with Crippen molar-refractivity contribution in [2.75, 3.05) is 0 Å². The van der Waals surface area contributed by atoms with Gasteiger partial charge in [-0.05, 0) is 31.5 Å². The van der Waals surface area contributed by atoms with E-state index in [0.717, 1.165) is 11.4 Å². The topological polar surface area (TPSA) is 42.0 Å². The number of nitrogens with zero attached hydrogens (tertiary/aromatic N) is 1. The van der Waals surface area contributed by atoms with Crippen molar-refractivity contribution in [3.05, 3.63) is 29.1 Å². The van der Waals surface area contributed by atoms with Crippen LogP contribution in [-0.4, -0.2) is 10.9 Å². The quantitative estimate of drug-likeness (QED) is 0.742. The molecule has 1 heterocycles. The van der Waals surface area contributed by atoms with Crippen LogP contribution in [0.25, 0.3) is 0 Å². The number of aromatic nitrogens is 1. The van der Waals surface area contributed by atoms with Crippen molar-refractivity contribution in [2.24, 2.45) is 0 Å². The van der Waals surface area contributed by atoms with Crippen molar-refractivity contribution in [1.29, 1.82) is 0 Å². The molecule has 0 bridgehead atoms. The van der Waals surface area contributed by atoms with E-state index in [2.05, 4.69) is 10.3 Å². The average Bonchev–Trinajstić information content (AvgIpc) is 1.99. The highest BCUT2D eigenvalue weighted by Crippen LogP contribution is 2.03. The predicted molar refractivity (Wildman–Crippen MR) is 51.2 cm³/mol. The predicted octanol–water partition coefficient (Wildman–Crippen LogP) is 1.33. The standard InChI is InChI=1S/C10H14N2O/c1-7-4-8(2)12-10(5-7)6-11-9(3)13/h4-5H,6H2,1-3H3,(H,11,13). The van der Waals surface area contributed by atoms with Crippen molar-refractivity contribution in [1.82, 2.24) is 10.3 Å². The largest absolute Gasteiger partial charge is 0.351 e. The first kappa shape index (κ1) is 9.71. The van der Waals surface area contributed by atoms with Gasteiger partial charge in [0.15, 0.2) is 0 Å². The number of hydrogen-bond acceptors (Lipinski definition) is 2. The van der Waals surface area contributed by atoms with E-state index in [-0.39, 0.29) is 5.91 Å². The van der Waals surface area contributed by atoms with Crippen LogP contribution in [0.5, 0.6) is 0 Å². The van der Waals surface area contributed by atoms with E-state index in [1.807, 2.05) is 26.0 Å². The molecule has 0 aliphatic carbocycles. The molecule has 3 heteroatoms. The highest BCUT2D eigenvalue weighted by atomic mass is 16.1. The second-order valence-corrected chi connectivity index (χ2v) is 3.19. The summed E-state index contributed by atoms with van der Waals surface area (Å²) in [7, 11) is 0. The van der Waals surface area contributed by atoms with E-state index in [1.165, 1.54) is 12.5 Å². The summed E-state index contributed by atoms with van der Waals surface area (Å²) in [6.45, 7) is 5.98. The maximum absolute atomic E-state index is 10.6. The van der Waals surface area contributed by atoms with Gasteiger partial charge in [0, 0.05) is 12.6 Å². The molecule has 70 valence electrons. The van der Waals surface area contributed by atoms with Gasteiger partial charge in [-0.25, -0.2) is 0 Å². The van der Waals surface area contributed by atoms with Gasteiger partial charge in [0.05, 0.1) is 12.2 Å².